The first-order chi connectivity index (χ1) is 8.51. The molecule has 0 atom stereocenters. The molecule has 0 spiro atoms. The lowest BCUT2D eigenvalue weighted by Crippen LogP contribution is -2.25. The van der Waals surface area contributed by atoms with Crippen molar-refractivity contribution in [2.45, 2.75) is 24.7 Å². The maximum absolute atomic E-state index is 12.1. The Bertz CT molecular complexity index is 485. The third-order valence-electron chi connectivity index (χ3n) is 2.49. The van der Waals surface area contributed by atoms with E-state index in [0.717, 1.165) is 5.56 Å². The van der Waals surface area contributed by atoms with Crippen LogP contribution in [0.5, 0.6) is 5.75 Å². The van der Waals surface area contributed by atoms with Crippen molar-refractivity contribution in [1.82, 2.24) is 4.72 Å². The Morgan fingerprint density at radius 2 is 2.06 bits per heavy atom. The lowest BCUT2D eigenvalue weighted by molar-refractivity contribution is 0.285. The number of aryl methyl sites for hydroxylation is 1. The van der Waals surface area contributed by atoms with Crippen LogP contribution >= 0.6 is 0 Å². The second-order valence-corrected chi connectivity index (χ2v) is 5.72. The fourth-order valence-electron chi connectivity index (χ4n) is 1.52. The number of sulfonamides is 1. The number of hydrogen-bond donors (Lipinski definition) is 2. The minimum absolute atomic E-state index is 0.0650. The standard InChI is InChI=1S/C12H19NO4S/c1-10-5-6-11(17-2)12(9-10)18(15,16)13-7-3-4-8-14/h5-6,9,13-14H,3-4,7-8H2,1-2H3. The molecule has 0 aliphatic rings. The normalized spacial score (nSPS) is 11.5. The monoisotopic (exact) mass is 273 g/mol. The van der Waals surface area contributed by atoms with E-state index >= 15 is 0 Å². The first kappa shape index (κ1) is 14.9. The molecule has 0 saturated heterocycles. The molecule has 6 heteroatoms. The van der Waals surface area contributed by atoms with Gasteiger partial charge in [-0.15, -0.1) is 0 Å². The van der Waals surface area contributed by atoms with E-state index in [2.05, 4.69) is 4.72 Å². The highest BCUT2D eigenvalue weighted by Crippen LogP contribution is 2.24. The second-order valence-electron chi connectivity index (χ2n) is 3.98. The molecule has 18 heavy (non-hydrogen) atoms. The van der Waals surface area contributed by atoms with Gasteiger partial charge in [0, 0.05) is 13.2 Å². The van der Waals surface area contributed by atoms with E-state index in [0.29, 0.717) is 25.1 Å². The van der Waals surface area contributed by atoms with Crippen LogP contribution in [0.25, 0.3) is 0 Å². The maximum Gasteiger partial charge on any atom is 0.244 e. The summed E-state index contributed by atoms with van der Waals surface area (Å²) < 4.78 is 31.7. The number of methoxy groups -OCH3 is 1. The van der Waals surface area contributed by atoms with E-state index in [9.17, 15) is 8.42 Å². The van der Waals surface area contributed by atoms with Crippen LogP contribution in [0.2, 0.25) is 0 Å². The van der Waals surface area contributed by atoms with Crippen molar-refractivity contribution in [2.24, 2.45) is 0 Å². The molecule has 2 N–H and O–H groups in total. The van der Waals surface area contributed by atoms with Gasteiger partial charge in [-0.1, -0.05) is 6.07 Å². The summed E-state index contributed by atoms with van der Waals surface area (Å²) in [5.74, 6) is 0.329. The molecule has 1 aromatic carbocycles. The number of benzene rings is 1. The van der Waals surface area contributed by atoms with Gasteiger partial charge in [0.2, 0.25) is 10.0 Å². The number of aliphatic hydroxyl groups is 1. The van der Waals surface area contributed by atoms with E-state index in [1.54, 1.807) is 18.2 Å². The van der Waals surface area contributed by atoms with E-state index in [1.807, 2.05) is 6.92 Å². The van der Waals surface area contributed by atoms with E-state index in [1.165, 1.54) is 7.11 Å². The minimum atomic E-state index is -3.56. The molecule has 0 aliphatic carbocycles. The minimum Gasteiger partial charge on any atom is -0.495 e. The molecule has 0 radical (unpaired) electrons. The van der Waals surface area contributed by atoms with Crippen LogP contribution in [0, 0.1) is 6.92 Å². The van der Waals surface area contributed by atoms with E-state index < -0.39 is 10.0 Å². The zero-order valence-corrected chi connectivity index (χ0v) is 11.5. The molecule has 0 bridgehead atoms. The average molecular weight is 273 g/mol. The Kier molecular flexibility index (Phi) is 5.58. The SMILES string of the molecule is COc1ccc(C)cc1S(=O)(=O)NCCCCO. The van der Waals surface area contributed by atoms with E-state index in [-0.39, 0.29) is 11.5 Å². The molecule has 1 rings (SSSR count). The van der Waals surface area contributed by atoms with Crippen molar-refractivity contribution >= 4 is 10.0 Å². The number of hydrogen-bond acceptors (Lipinski definition) is 4. The van der Waals surface area contributed by atoms with Gasteiger partial charge < -0.3 is 9.84 Å². The number of aliphatic hydroxyl groups excluding tert-OH is 1. The summed E-state index contributed by atoms with van der Waals surface area (Å²) in [6, 6.07) is 5.01. The van der Waals surface area contributed by atoms with Gasteiger partial charge in [-0.25, -0.2) is 13.1 Å². The largest absolute Gasteiger partial charge is 0.495 e. The molecule has 0 aliphatic heterocycles. The first-order valence-electron chi connectivity index (χ1n) is 5.76. The maximum atomic E-state index is 12.1. The molecule has 0 heterocycles. The van der Waals surface area contributed by atoms with Crippen LogP contribution in [0.3, 0.4) is 0 Å². The highest BCUT2D eigenvalue weighted by atomic mass is 32.2. The summed E-state index contributed by atoms with van der Waals surface area (Å²) in [7, 11) is -2.12. The van der Waals surface area contributed by atoms with Crippen molar-refractivity contribution < 1.29 is 18.3 Å². The lowest BCUT2D eigenvalue weighted by atomic mass is 10.2. The van der Waals surface area contributed by atoms with Crippen LogP contribution in [0.1, 0.15) is 18.4 Å². The summed E-state index contributed by atoms with van der Waals surface area (Å²) >= 11 is 0. The molecular formula is C12H19NO4S. The lowest BCUT2D eigenvalue weighted by Gasteiger charge is -2.11. The van der Waals surface area contributed by atoms with Crippen molar-refractivity contribution in [3.8, 4) is 5.75 Å². The van der Waals surface area contributed by atoms with Crippen molar-refractivity contribution in [2.75, 3.05) is 20.3 Å². The molecule has 0 amide bonds. The van der Waals surface area contributed by atoms with Gasteiger partial charge in [-0.2, -0.15) is 0 Å². The third-order valence-corrected chi connectivity index (χ3v) is 3.97. The average Bonchev–Trinajstić information content (AvgIpc) is 2.35. The second kappa shape index (κ2) is 6.72. The predicted molar refractivity (Wildman–Crippen MR) is 69.2 cm³/mol. The molecule has 0 saturated carbocycles. The van der Waals surface area contributed by atoms with Crippen LogP contribution < -0.4 is 9.46 Å². The van der Waals surface area contributed by atoms with Crippen LogP contribution in [0.4, 0.5) is 0 Å². The fraction of sp³-hybridized carbons (Fsp3) is 0.500. The first-order valence-corrected chi connectivity index (χ1v) is 7.24. The van der Waals surface area contributed by atoms with Gasteiger partial charge in [0.15, 0.2) is 0 Å². The number of ether oxygens (including phenoxy) is 1. The topological polar surface area (TPSA) is 75.6 Å². The zero-order valence-electron chi connectivity index (χ0n) is 10.6. The molecule has 0 fully saturated rings. The molecule has 5 nitrogen and oxygen atoms in total. The highest BCUT2D eigenvalue weighted by molar-refractivity contribution is 7.89. The van der Waals surface area contributed by atoms with Gasteiger partial charge in [0.05, 0.1) is 7.11 Å². The third kappa shape index (κ3) is 3.97. The van der Waals surface area contributed by atoms with Crippen LogP contribution in [-0.2, 0) is 10.0 Å². The van der Waals surface area contributed by atoms with Gasteiger partial charge in [0.25, 0.3) is 0 Å². The Hall–Kier alpha value is -1.11. The van der Waals surface area contributed by atoms with Crippen molar-refractivity contribution in [3.63, 3.8) is 0 Å². The fourth-order valence-corrected chi connectivity index (χ4v) is 2.84. The molecule has 102 valence electrons. The van der Waals surface area contributed by atoms with Gasteiger partial charge in [-0.3, -0.25) is 0 Å². The van der Waals surface area contributed by atoms with Crippen molar-refractivity contribution in [3.05, 3.63) is 23.8 Å². The Morgan fingerprint density at radius 1 is 1.33 bits per heavy atom. The zero-order chi connectivity index (χ0) is 13.6. The molecule has 0 unspecified atom stereocenters. The quantitative estimate of drug-likeness (QED) is 0.728. The smallest absolute Gasteiger partial charge is 0.244 e. The summed E-state index contributed by atoms with van der Waals surface area (Å²) in [4.78, 5) is 0.147. The number of unbranched alkanes of at least 4 members (excludes halogenated alkanes) is 1. The Balaban J connectivity index is 2.87. The molecule has 1 aromatic rings. The highest BCUT2D eigenvalue weighted by Gasteiger charge is 2.18. The van der Waals surface area contributed by atoms with Gasteiger partial charge >= 0.3 is 0 Å². The summed E-state index contributed by atoms with van der Waals surface area (Å²) in [6.45, 7) is 2.19. The molecule has 0 aromatic heterocycles. The predicted octanol–water partition coefficient (Wildman–Crippen LogP) is 1.05. The van der Waals surface area contributed by atoms with Crippen LogP contribution in [0.15, 0.2) is 23.1 Å². The summed E-state index contributed by atoms with van der Waals surface area (Å²) in [6.07, 6.45) is 1.18. The van der Waals surface area contributed by atoms with Gasteiger partial charge in [-0.05, 0) is 37.5 Å². The Morgan fingerprint density at radius 3 is 2.67 bits per heavy atom. The van der Waals surface area contributed by atoms with Crippen LogP contribution in [-0.4, -0.2) is 33.8 Å². The van der Waals surface area contributed by atoms with E-state index in [4.69, 9.17) is 9.84 Å². The van der Waals surface area contributed by atoms with Gasteiger partial charge in [0.1, 0.15) is 10.6 Å². The Labute approximate surface area is 108 Å². The summed E-state index contributed by atoms with van der Waals surface area (Å²) in [5, 5.41) is 8.63. The number of rotatable bonds is 7. The molecular weight excluding hydrogens is 254 g/mol. The number of nitrogens with one attached hydrogen (secondary N) is 1. The van der Waals surface area contributed by atoms with Crippen molar-refractivity contribution in [1.29, 1.82) is 0 Å². The summed E-state index contributed by atoms with van der Waals surface area (Å²) in [5.41, 5.74) is 0.853.